The number of carbonyl (C=O) groups excluding carboxylic acids is 2. The third-order valence-corrected chi connectivity index (χ3v) is 3.27. The van der Waals surface area contributed by atoms with E-state index in [2.05, 4.69) is 5.32 Å². The van der Waals surface area contributed by atoms with Gasteiger partial charge < -0.3 is 14.8 Å². The van der Waals surface area contributed by atoms with Gasteiger partial charge in [-0.15, -0.1) is 0 Å². The highest BCUT2D eigenvalue weighted by Crippen LogP contribution is 2.28. The van der Waals surface area contributed by atoms with Gasteiger partial charge in [-0.3, -0.25) is 9.59 Å². The van der Waals surface area contributed by atoms with Gasteiger partial charge in [-0.2, -0.15) is 0 Å². The van der Waals surface area contributed by atoms with Gasteiger partial charge in [0.25, 0.3) is 0 Å². The van der Waals surface area contributed by atoms with Gasteiger partial charge in [0.05, 0.1) is 12.8 Å². The number of ketones is 1. The predicted octanol–water partition coefficient (Wildman–Crippen LogP) is 3.44. The molecule has 5 nitrogen and oxygen atoms in total. The van der Waals surface area contributed by atoms with Crippen molar-refractivity contribution >= 4 is 17.4 Å². The molecular formula is C18H19NO4. The number of Topliss-reactive ketones (excluding diaryl/α,β-unsaturated/α-hetero) is 1. The maximum atomic E-state index is 11.5. The molecule has 0 aliphatic heterocycles. The topological polar surface area (TPSA) is 64.6 Å². The largest absolute Gasteiger partial charge is 0.496 e. The lowest BCUT2D eigenvalue weighted by atomic mass is 10.1. The number of para-hydroxylation sites is 1. The van der Waals surface area contributed by atoms with Crippen LogP contribution < -0.4 is 14.8 Å². The number of carbonyl (C=O) groups is 2. The summed E-state index contributed by atoms with van der Waals surface area (Å²) in [7, 11) is 1.60. The molecule has 0 saturated carbocycles. The highest BCUT2D eigenvalue weighted by Gasteiger charge is 2.11. The third-order valence-electron chi connectivity index (χ3n) is 3.27. The Hall–Kier alpha value is -2.82. The first-order valence-electron chi connectivity index (χ1n) is 7.18. The summed E-state index contributed by atoms with van der Waals surface area (Å²) in [6, 6.07) is 12.5. The maximum absolute atomic E-state index is 11.5. The standard InChI is InChI=1S/C18H19NO4/c1-12(20)14-8-9-16(19-13(2)21)18(10-14)23-11-15-6-4-5-7-17(15)22-3/h4-10H,11H2,1-3H3,(H,19,21). The van der Waals surface area contributed by atoms with E-state index in [9.17, 15) is 9.59 Å². The minimum absolute atomic E-state index is 0.0680. The van der Waals surface area contributed by atoms with Crippen molar-refractivity contribution in [1.29, 1.82) is 0 Å². The summed E-state index contributed by atoms with van der Waals surface area (Å²) in [5.74, 6) is 0.888. The molecule has 2 rings (SSSR count). The summed E-state index contributed by atoms with van der Waals surface area (Å²) in [5.41, 5.74) is 1.92. The van der Waals surface area contributed by atoms with E-state index in [0.29, 0.717) is 17.0 Å². The number of benzene rings is 2. The molecule has 5 heteroatoms. The van der Waals surface area contributed by atoms with Crippen molar-refractivity contribution in [1.82, 2.24) is 0 Å². The van der Waals surface area contributed by atoms with Crippen molar-refractivity contribution in [3.05, 3.63) is 53.6 Å². The number of hydrogen-bond acceptors (Lipinski definition) is 4. The summed E-state index contributed by atoms with van der Waals surface area (Å²) < 4.78 is 11.1. The van der Waals surface area contributed by atoms with Crippen LogP contribution in [0.15, 0.2) is 42.5 Å². The fourth-order valence-corrected chi connectivity index (χ4v) is 2.13. The minimum Gasteiger partial charge on any atom is -0.496 e. The number of ether oxygens (including phenoxy) is 2. The van der Waals surface area contributed by atoms with Crippen molar-refractivity contribution in [2.24, 2.45) is 0 Å². The zero-order valence-corrected chi connectivity index (χ0v) is 13.4. The van der Waals surface area contributed by atoms with Gasteiger partial charge in [0.15, 0.2) is 5.78 Å². The van der Waals surface area contributed by atoms with Crippen LogP contribution in [0.4, 0.5) is 5.69 Å². The molecule has 1 amide bonds. The molecule has 2 aromatic carbocycles. The van der Waals surface area contributed by atoms with Gasteiger partial charge >= 0.3 is 0 Å². The molecule has 0 unspecified atom stereocenters. The molecule has 0 heterocycles. The summed E-state index contributed by atoms with van der Waals surface area (Å²) in [4.78, 5) is 22.8. The number of hydrogen-bond donors (Lipinski definition) is 1. The fourth-order valence-electron chi connectivity index (χ4n) is 2.13. The molecule has 0 aliphatic carbocycles. The van der Waals surface area contributed by atoms with Crippen molar-refractivity contribution in [2.45, 2.75) is 20.5 Å². The van der Waals surface area contributed by atoms with E-state index in [1.807, 2.05) is 24.3 Å². The van der Waals surface area contributed by atoms with Crippen molar-refractivity contribution in [3.63, 3.8) is 0 Å². The molecule has 0 radical (unpaired) electrons. The van der Waals surface area contributed by atoms with Crippen molar-refractivity contribution < 1.29 is 19.1 Å². The van der Waals surface area contributed by atoms with E-state index < -0.39 is 0 Å². The van der Waals surface area contributed by atoms with Crippen LogP contribution in [0.3, 0.4) is 0 Å². The van der Waals surface area contributed by atoms with E-state index in [4.69, 9.17) is 9.47 Å². The smallest absolute Gasteiger partial charge is 0.221 e. The zero-order valence-electron chi connectivity index (χ0n) is 13.4. The SMILES string of the molecule is COc1ccccc1COc1cc(C(C)=O)ccc1NC(C)=O. The highest BCUT2D eigenvalue weighted by atomic mass is 16.5. The van der Waals surface area contributed by atoms with Gasteiger partial charge in [-0.1, -0.05) is 18.2 Å². The second-order valence-electron chi connectivity index (χ2n) is 5.05. The molecule has 0 spiro atoms. The van der Waals surface area contributed by atoms with Crippen LogP contribution in [0.2, 0.25) is 0 Å². The van der Waals surface area contributed by atoms with E-state index in [1.165, 1.54) is 13.8 Å². The first-order valence-corrected chi connectivity index (χ1v) is 7.18. The van der Waals surface area contributed by atoms with Crippen LogP contribution in [-0.2, 0) is 11.4 Å². The van der Waals surface area contributed by atoms with Crippen molar-refractivity contribution in [3.8, 4) is 11.5 Å². The number of nitrogens with one attached hydrogen (secondary N) is 1. The second kappa shape index (κ2) is 7.45. The maximum Gasteiger partial charge on any atom is 0.221 e. The summed E-state index contributed by atoms with van der Waals surface area (Å²) in [6.45, 7) is 3.16. The van der Waals surface area contributed by atoms with Gasteiger partial charge in [-0.05, 0) is 31.2 Å². The Morgan fingerprint density at radius 1 is 1.04 bits per heavy atom. The van der Waals surface area contributed by atoms with E-state index >= 15 is 0 Å². The molecule has 0 atom stereocenters. The average molecular weight is 313 g/mol. The number of methoxy groups -OCH3 is 1. The van der Waals surface area contributed by atoms with Crippen LogP contribution >= 0.6 is 0 Å². The van der Waals surface area contributed by atoms with Crippen LogP contribution in [0.1, 0.15) is 29.8 Å². The highest BCUT2D eigenvalue weighted by molar-refractivity contribution is 5.96. The first kappa shape index (κ1) is 16.5. The molecule has 0 saturated heterocycles. The summed E-state index contributed by atoms with van der Waals surface area (Å²) >= 11 is 0. The normalized spacial score (nSPS) is 10.0. The van der Waals surface area contributed by atoms with E-state index in [0.717, 1.165) is 11.3 Å². The predicted molar refractivity (Wildman–Crippen MR) is 88.1 cm³/mol. The summed E-state index contributed by atoms with van der Waals surface area (Å²) in [5, 5.41) is 2.70. The molecule has 1 N–H and O–H groups in total. The molecule has 0 fully saturated rings. The molecule has 0 bridgehead atoms. The Kier molecular flexibility index (Phi) is 5.36. The lowest BCUT2D eigenvalue weighted by molar-refractivity contribution is -0.114. The van der Waals surface area contributed by atoms with Crippen LogP contribution in [0.5, 0.6) is 11.5 Å². The first-order chi connectivity index (χ1) is 11.0. The average Bonchev–Trinajstić information content (AvgIpc) is 2.53. The quantitative estimate of drug-likeness (QED) is 0.830. The molecule has 0 aromatic heterocycles. The van der Waals surface area contributed by atoms with Crippen LogP contribution in [0, 0.1) is 0 Å². The lowest BCUT2D eigenvalue weighted by Gasteiger charge is -2.14. The lowest BCUT2D eigenvalue weighted by Crippen LogP contribution is -2.09. The van der Waals surface area contributed by atoms with E-state index in [-0.39, 0.29) is 18.3 Å². The Morgan fingerprint density at radius 2 is 1.78 bits per heavy atom. The van der Waals surface area contributed by atoms with Gasteiger partial charge in [0.1, 0.15) is 18.1 Å². The van der Waals surface area contributed by atoms with Crippen molar-refractivity contribution in [2.75, 3.05) is 12.4 Å². The molecule has 0 aliphatic rings. The number of anilines is 1. The monoisotopic (exact) mass is 313 g/mol. The van der Waals surface area contributed by atoms with Crippen LogP contribution in [0.25, 0.3) is 0 Å². The molecular weight excluding hydrogens is 294 g/mol. The summed E-state index contributed by atoms with van der Waals surface area (Å²) in [6.07, 6.45) is 0. The van der Waals surface area contributed by atoms with Gasteiger partial charge in [0, 0.05) is 18.1 Å². The third kappa shape index (κ3) is 4.32. The molecule has 120 valence electrons. The zero-order chi connectivity index (χ0) is 16.8. The van der Waals surface area contributed by atoms with Gasteiger partial charge in [0.2, 0.25) is 5.91 Å². The Balaban J connectivity index is 2.27. The minimum atomic E-state index is -0.206. The fraction of sp³-hybridized carbons (Fsp3) is 0.222. The Bertz CT molecular complexity index is 725. The second-order valence-corrected chi connectivity index (χ2v) is 5.05. The van der Waals surface area contributed by atoms with Crippen LogP contribution in [-0.4, -0.2) is 18.8 Å². The number of amides is 1. The Labute approximate surface area is 135 Å². The Morgan fingerprint density at radius 3 is 2.43 bits per heavy atom. The van der Waals surface area contributed by atoms with Gasteiger partial charge in [-0.25, -0.2) is 0 Å². The number of rotatable bonds is 6. The molecule has 23 heavy (non-hydrogen) atoms. The van der Waals surface area contributed by atoms with E-state index in [1.54, 1.807) is 25.3 Å². The molecule has 2 aromatic rings.